The normalized spacial score (nSPS) is 10.9. The lowest BCUT2D eigenvalue weighted by Gasteiger charge is -2.09. The van der Waals surface area contributed by atoms with Gasteiger partial charge in [0.1, 0.15) is 11.6 Å². The van der Waals surface area contributed by atoms with E-state index in [9.17, 15) is 9.18 Å². The molecule has 0 bridgehead atoms. The number of hydrogen-bond donors (Lipinski definition) is 3. The highest BCUT2D eigenvalue weighted by atomic mass is 19.1. The molecular weight excluding hydrogens is 409 g/mol. The topological polar surface area (TPSA) is 120 Å². The van der Waals surface area contributed by atoms with Gasteiger partial charge in [0.25, 0.3) is 5.91 Å². The lowest BCUT2D eigenvalue weighted by atomic mass is 10.1. The molecule has 0 saturated carbocycles. The minimum Gasteiger partial charge on any atom is -0.464 e. The van der Waals surface area contributed by atoms with Crippen LogP contribution in [-0.2, 0) is 19.5 Å². The van der Waals surface area contributed by atoms with Gasteiger partial charge in [-0.3, -0.25) is 4.79 Å². The molecule has 0 aliphatic heterocycles. The van der Waals surface area contributed by atoms with Gasteiger partial charge in [0.2, 0.25) is 0 Å². The van der Waals surface area contributed by atoms with E-state index in [4.69, 9.17) is 15.9 Å². The number of nitrogens with one attached hydrogen (secondary N) is 1. The quantitative estimate of drug-likeness (QED) is 0.393. The molecule has 2 heterocycles. The molecule has 0 radical (unpaired) electrons. The van der Waals surface area contributed by atoms with Gasteiger partial charge in [-0.15, -0.1) is 0 Å². The van der Waals surface area contributed by atoms with Crippen molar-refractivity contribution in [2.45, 2.75) is 19.5 Å². The van der Waals surface area contributed by atoms with Crippen LogP contribution in [0.15, 0.2) is 71.5 Å². The molecule has 1 amide bonds. The predicted octanol–water partition coefficient (Wildman–Crippen LogP) is 3.44. The summed E-state index contributed by atoms with van der Waals surface area (Å²) in [6, 6.07) is 16.5. The monoisotopic (exact) mass is 431 g/mol. The lowest BCUT2D eigenvalue weighted by molar-refractivity contribution is 0.0996. The molecule has 0 spiro atoms. The molecule has 162 valence electrons. The molecule has 0 aliphatic carbocycles. The van der Waals surface area contributed by atoms with Gasteiger partial charge in [0.15, 0.2) is 11.5 Å². The number of nitrogens with zero attached hydrogens (tertiary/aromatic N) is 2. The number of hydrogen-bond acceptors (Lipinski definition) is 6. The van der Waals surface area contributed by atoms with E-state index in [0.29, 0.717) is 42.1 Å². The Morgan fingerprint density at radius 2 is 1.91 bits per heavy atom. The molecular formula is C24H22FN5O2. The van der Waals surface area contributed by atoms with Crippen LogP contribution in [0.1, 0.15) is 32.9 Å². The maximum absolute atomic E-state index is 14.5. The van der Waals surface area contributed by atoms with Crippen molar-refractivity contribution in [2.24, 2.45) is 5.73 Å². The molecule has 4 aromatic rings. The standard InChI is InChI=1S/C24H22FN5O2/c25-20-11-17(21-5-2-8-32-21)6-7-18(20)13-28-12-16-4-1-3-15(9-16)10-19-14-29-23(26)22(30-19)24(27)31/h1-9,11,14,28H,10,12-13H2,(H2,26,29)(H2,27,31). The largest absolute Gasteiger partial charge is 0.464 e. The number of halogens is 1. The van der Waals surface area contributed by atoms with E-state index in [1.165, 1.54) is 12.3 Å². The Hall–Kier alpha value is -4.04. The van der Waals surface area contributed by atoms with Gasteiger partial charge in [0, 0.05) is 30.6 Å². The molecule has 8 heteroatoms. The van der Waals surface area contributed by atoms with Crippen molar-refractivity contribution in [1.29, 1.82) is 0 Å². The van der Waals surface area contributed by atoms with E-state index in [0.717, 1.165) is 11.1 Å². The summed E-state index contributed by atoms with van der Waals surface area (Å²) in [6.45, 7) is 0.951. The number of benzene rings is 2. The second kappa shape index (κ2) is 9.40. The van der Waals surface area contributed by atoms with Crippen molar-refractivity contribution in [3.8, 4) is 11.3 Å². The van der Waals surface area contributed by atoms with Crippen LogP contribution < -0.4 is 16.8 Å². The summed E-state index contributed by atoms with van der Waals surface area (Å²) in [5.41, 5.74) is 14.8. The minimum absolute atomic E-state index is 0.0172. The van der Waals surface area contributed by atoms with Crippen molar-refractivity contribution >= 4 is 11.7 Å². The number of carbonyl (C=O) groups excluding carboxylic acids is 1. The molecule has 4 rings (SSSR count). The average Bonchev–Trinajstić information content (AvgIpc) is 3.31. The zero-order valence-electron chi connectivity index (χ0n) is 17.2. The van der Waals surface area contributed by atoms with E-state index in [2.05, 4.69) is 15.3 Å². The fraction of sp³-hybridized carbons (Fsp3) is 0.125. The number of carbonyl (C=O) groups is 1. The number of nitrogen functional groups attached to an aromatic ring is 1. The molecule has 0 atom stereocenters. The zero-order chi connectivity index (χ0) is 22.5. The highest BCUT2D eigenvalue weighted by molar-refractivity contribution is 5.94. The van der Waals surface area contributed by atoms with Crippen LogP contribution >= 0.6 is 0 Å². The first-order valence-corrected chi connectivity index (χ1v) is 10.0. The molecule has 2 aromatic carbocycles. The third-order valence-electron chi connectivity index (χ3n) is 4.96. The Bertz CT molecular complexity index is 1240. The van der Waals surface area contributed by atoms with Crippen molar-refractivity contribution < 1.29 is 13.6 Å². The number of primary amides is 1. The molecule has 32 heavy (non-hydrogen) atoms. The molecule has 5 N–H and O–H groups in total. The van der Waals surface area contributed by atoms with E-state index in [1.54, 1.807) is 24.5 Å². The summed E-state index contributed by atoms with van der Waals surface area (Å²) in [5.74, 6) is -0.343. The van der Waals surface area contributed by atoms with Crippen molar-refractivity contribution in [3.05, 3.63) is 101 Å². The Morgan fingerprint density at radius 1 is 1.06 bits per heavy atom. The fourth-order valence-electron chi connectivity index (χ4n) is 3.39. The van der Waals surface area contributed by atoms with Crippen LogP contribution in [0.2, 0.25) is 0 Å². The molecule has 2 aromatic heterocycles. The maximum Gasteiger partial charge on any atom is 0.271 e. The van der Waals surface area contributed by atoms with Gasteiger partial charge in [-0.2, -0.15) is 0 Å². The van der Waals surface area contributed by atoms with Crippen molar-refractivity contribution in [3.63, 3.8) is 0 Å². The van der Waals surface area contributed by atoms with Crippen LogP contribution in [0.25, 0.3) is 11.3 Å². The number of nitrogens with two attached hydrogens (primary N) is 2. The predicted molar refractivity (Wildman–Crippen MR) is 119 cm³/mol. The van der Waals surface area contributed by atoms with Gasteiger partial charge in [-0.1, -0.05) is 36.4 Å². The third kappa shape index (κ3) is 4.98. The summed E-state index contributed by atoms with van der Waals surface area (Å²) in [7, 11) is 0. The smallest absolute Gasteiger partial charge is 0.271 e. The Morgan fingerprint density at radius 3 is 2.66 bits per heavy atom. The highest BCUT2D eigenvalue weighted by Gasteiger charge is 2.11. The van der Waals surface area contributed by atoms with Crippen LogP contribution in [0.4, 0.5) is 10.2 Å². The van der Waals surface area contributed by atoms with Gasteiger partial charge in [-0.05, 0) is 29.3 Å². The number of aromatic nitrogens is 2. The van der Waals surface area contributed by atoms with Crippen molar-refractivity contribution in [2.75, 3.05) is 5.73 Å². The first-order valence-electron chi connectivity index (χ1n) is 10.0. The first kappa shape index (κ1) is 21.2. The Kier molecular flexibility index (Phi) is 6.23. The molecule has 0 fully saturated rings. The number of rotatable bonds is 8. The highest BCUT2D eigenvalue weighted by Crippen LogP contribution is 2.22. The number of anilines is 1. The van der Waals surface area contributed by atoms with Gasteiger partial charge >= 0.3 is 0 Å². The van der Waals surface area contributed by atoms with Gasteiger partial charge in [0.05, 0.1) is 18.2 Å². The Balaban J connectivity index is 1.38. The molecule has 0 unspecified atom stereocenters. The van der Waals surface area contributed by atoms with E-state index in [1.807, 2.05) is 30.3 Å². The summed E-state index contributed by atoms with van der Waals surface area (Å²) in [4.78, 5) is 19.6. The molecule has 0 aliphatic rings. The second-order valence-corrected chi connectivity index (χ2v) is 7.34. The fourth-order valence-corrected chi connectivity index (χ4v) is 3.39. The average molecular weight is 431 g/mol. The number of furan rings is 1. The summed E-state index contributed by atoms with van der Waals surface area (Å²) >= 11 is 0. The molecule has 7 nitrogen and oxygen atoms in total. The van der Waals surface area contributed by atoms with Gasteiger partial charge in [-0.25, -0.2) is 14.4 Å². The van der Waals surface area contributed by atoms with Crippen molar-refractivity contribution in [1.82, 2.24) is 15.3 Å². The number of amides is 1. The second-order valence-electron chi connectivity index (χ2n) is 7.34. The molecule has 0 saturated heterocycles. The van der Waals surface area contributed by atoms with E-state index >= 15 is 0 Å². The summed E-state index contributed by atoms with van der Waals surface area (Å²) in [6.07, 6.45) is 3.57. The zero-order valence-corrected chi connectivity index (χ0v) is 17.2. The minimum atomic E-state index is -0.709. The first-order chi connectivity index (χ1) is 15.5. The van der Waals surface area contributed by atoms with E-state index in [-0.39, 0.29) is 17.3 Å². The van der Waals surface area contributed by atoms with Crippen LogP contribution in [0, 0.1) is 5.82 Å². The Labute approximate surface area is 184 Å². The van der Waals surface area contributed by atoms with Crippen LogP contribution in [0.5, 0.6) is 0 Å². The van der Waals surface area contributed by atoms with E-state index < -0.39 is 5.91 Å². The maximum atomic E-state index is 14.5. The third-order valence-corrected chi connectivity index (χ3v) is 4.96. The van der Waals surface area contributed by atoms with Crippen LogP contribution in [0.3, 0.4) is 0 Å². The summed E-state index contributed by atoms with van der Waals surface area (Å²) in [5, 5.41) is 3.27. The summed E-state index contributed by atoms with van der Waals surface area (Å²) < 4.78 is 19.8. The van der Waals surface area contributed by atoms with Gasteiger partial charge < -0.3 is 21.2 Å². The lowest BCUT2D eigenvalue weighted by Crippen LogP contribution is -2.17. The van der Waals surface area contributed by atoms with Crippen LogP contribution in [-0.4, -0.2) is 15.9 Å². The SMILES string of the molecule is NC(=O)c1nc(Cc2cccc(CNCc3ccc(-c4ccco4)cc3F)c2)cnc1N.